The molecule has 4 nitrogen and oxygen atoms in total. The standard InChI is InChI=1S/C13H15N3O/c14-6-5-13(17)11-1-3-12(4-2-11)16-9-7-15-8-10-16/h1-4,15H,5,7-10H2. The highest BCUT2D eigenvalue weighted by molar-refractivity contribution is 5.97. The number of Topliss-reactive ketones (excluding diaryl/α,β-unsaturated/α-hetero) is 1. The lowest BCUT2D eigenvalue weighted by Gasteiger charge is -2.29. The predicted molar refractivity (Wildman–Crippen MR) is 66.1 cm³/mol. The van der Waals surface area contributed by atoms with Crippen LogP contribution in [0.1, 0.15) is 16.8 Å². The quantitative estimate of drug-likeness (QED) is 0.791. The van der Waals surface area contributed by atoms with Crippen molar-refractivity contribution in [2.45, 2.75) is 6.42 Å². The molecule has 0 aromatic heterocycles. The average molecular weight is 229 g/mol. The number of rotatable bonds is 3. The Balaban J connectivity index is 2.07. The Morgan fingerprint density at radius 1 is 1.29 bits per heavy atom. The second kappa shape index (κ2) is 5.46. The van der Waals surface area contributed by atoms with Gasteiger partial charge in [0.25, 0.3) is 0 Å². The van der Waals surface area contributed by atoms with Crippen molar-refractivity contribution in [3.63, 3.8) is 0 Å². The molecule has 0 aliphatic carbocycles. The van der Waals surface area contributed by atoms with Gasteiger partial charge in [-0.15, -0.1) is 0 Å². The zero-order valence-corrected chi connectivity index (χ0v) is 9.65. The molecule has 88 valence electrons. The molecule has 0 amide bonds. The van der Waals surface area contributed by atoms with E-state index in [1.807, 2.05) is 18.2 Å². The molecule has 0 spiro atoms. The van der Waals surface area contributed by atoms with Gasteiger partial charge in [-0.25, -0.2) is 0 Å². The van der Waals surface area contributed by atoms with E-state index >= 15 is 0 Å². The van der Waals surface area contributed by atoms with Crippen LogP contribution in [0.3, 0.4) is 0 Å². The topological polar surface area (TPSA) is 56.1 Å². The third kappa shape index (κ3) is 2.83. The van der Waals surface area contributed by atoms with Crippen molar-refractivity contribution >= 4 is 11.5 Å². The summed E-state index contributed by atoms with van der Waals surface area (Å²) >= 11 is 0. The van der Waals surface area contributed by atoms with E-state index in [1.54, 1.807) is 12.1 Å². The normalized spacial score (nSPS) is 15.4. The number of carbonyl (C=O) groups is 1. The number of nitrogens with zero attached hydrogens (tertiary/aromatic N) is 2. The van der Waals surface area contributed by atoms with E-state index in [-0.39, 0.29) is 12.2 Å². The van der Waals surface area contributed by atoms with Gasteiger partial charge in [0.1, 0.15) is 0 Å². The molecule has 1 aliphatic rings. The Kier molecular flexibility index (Phi) is 3.73. The van der Waals surface area contributed by atoms with Gasteiger partial charge in [-0.2, -0.15) is 5.26 Å². The van der Waals surface area contributed by atoms with Crippen LogP contribution in [-0.2, 0) is 0 Å². The van der Waals surface area contributed by atoms with Gasteiger partial charge in [0.05, 0.1) is 12.5 Å². The minimum absolute atomic E-state index is 0.0486. The van der Waals surface area contributed by atoms with Crippen LogP contribution in [0.15, 0.2) is 24.3 Å². The van der Waals surface area contributed by atoms with E-state index in [4.69, 9.17) is 5.26 Å². The summed E-state index contributed by atoms with van der Waals surface area (Å²) in [5, 5.41) is 11.8. The van der Waals surface area contributed by atoms with E-state index in [9.17, 15) is 4.79 Å². The predicted octanol–water partition coefficient (Wildman–Crippen LogP) is 1.19. The van der Waals surface area contributed by atoms with Crippen LogP contribution in [-0.4, -0.2) is 32.0 Å². The molecule has 1 heterocycles. The van der Waals surface area contributed by atoms with Crippen LogP contribution in [0.2, 0.25) is 0 Å². The van der Waals surface area contributed by atoms with Crippen LogP contribution >= 0.6 is 0 Å². The largest absolute Gasteiger partial charge is 0.369 e. The highest BCUT2D eigenvalue weighted by atomic mass is 16.1. The highest BCUT2D eigenvalue weighted by Crippen LogP contribution is 2.16. The maximum atomic E-state index is 11.5. The van der Waals surface area contributed by atoms with Gasteiger partial charge in [0.15, 0.2) is 5.78 Å². The van der Waals surface area contributed by atoms with E-state index in [2.05, 4.69) is 10.2 Å². The summed E-state index contributed by atoms with van der Waals surface area (Å²) in [4.78, 5) is 13.8. The van der Waals surface area contributed by atoms with E-state index < -0.39 is 0 Å². The first-order chi connectivity index (χ1) is 8.31. The number of ketones is 1. The molecule has 0 unspecified atom stereocenters. The van der Waals surface area contributed by atoms with Crippen LogP contribution in [0, 0.1) is 11.3 Å². The number of nitriles is 1. The van der Waals surface area contributed by atoms with Gasteiger partial charge >= 0.3 is 0 Å². The van der Waals surface area contributed by atoms with E-state index in [0.717, 1.165) is 31.9 Å². The molecule has 0 radical (unpaired) electrons. The Bertz CT molecular complexity index is 427. The molecule has 0 saturated carbocycles. The van der Waals surface area contributed by atoms with Crippen LogP contribution < -0.4 is 10.2 Å². The maximum Gasteiger partial charge on any atom is 0.176 e. The smallest absolute Gasteiger partial charge is 0.176 e. The molecule has 0 bridgehead atoms. The number of benzene rings is 1. The Morgan fingerprint density at radius 2 is 1.94 bits per heavy atom. The Hall–Kier alpha value is -1.86. The number of hydrogen-bond donors (Lipinski definition) is 1. The number of anilines is 1. The first-order valence-corrected chi connectivity index (χ1v) is 5.77. The van der Waals surface area contributed by atoms with E-state index in [1.165, 1.54) is 0 Å². The second-order valence-corrected chi connectivity index (χ2v) is 4.04. The van der Waals surface area contributed by atoms with Crippen molar-refractivity contribution in [3.05, 3.63) is 29.8 Å². The van der Waals surface area contributed by atoms with Crippen molar-refractivity contribution in [3.8, 4) is 6.07 Å². The Morgan fingerprint density at radius 3 is 2.53 bits per heavy atom. The van der Waals surface area contributed by atoms with Crippen LogP contribution in [0.25, 0.3) is 0 Å². The molecular weight excluding hydrogens is 214 g/mol. The van der Waals surface area contributed by atoms with Crippen molar-refractivity contribution in [1.29, 1.82) is 5.26 Å². The molecule has 2 rings (SSSR count). The first kappa shape index (κ1) is 11.6. The summed E-state index contributed by atoms with van der Waals surface area (Å²) in [5.41, 5.74) is 1.76. The zero-order chi connectivity index (χ0) is 12.1. The lowest BCUT2D eigenvalue weighted by atomic mass is 10.1. The molecular formula is C13H15N3O. The van der Waals surface area contributed by atoms with Gasteiger partial charge in [-0.1, -0.05) is 0 Å². The minimum atomic E-state index is -0.112. The first-order valence-electron chi connectivity index (χ1n) is 5.77. The van der Waals surface area contributed by atoms with Gasteiger partial charge in [0, 0.05) is 37.4 Å². The molecule has 4 heteroatoms. The summed E-state index contributed by atoms with van der Waals surface area (Å²) in [6.07, 6.45) is -0.0486. The molecule has 17 heavy (non-hydrogen) atoms. The molecule has 1 aromatic carbocycles. The fourth-order valence-corrected chi connectivity index (χ4v) is 1.96. The lowest BCUT2D eigenvalue weighted by molar-refractivity contribution is 0.0998. The second-order valence-electron chi connectivity index (χ2n) is 4.04. The van der Waals surface area contributed by atoms with Crippen molar-refractivity contribution in [2.75, 3.05) is 31.1 Å². The summed E-state index contributed by atoms with van der Waals surface area (Å²) < 4.78 is 0. The third-order valence-electron chi connectivity index (χ3n) is 2.91. The maximum absolute atomic E-state index is 11.5. The van der Waals surface area contributed by atoms with Crippen molar-refractivity contribution in [1.82, 2.24) is 5.32 Å². The SMILES string of the molecule is N#CCC(=O)c1ccc(N2CCNCC2)cc1. The van der Waals surface area contributed by atoms with Gasteiger partial charge < -0.3 is 10.2 Å². The fourth-order valence-electron chi connectivity index (χ4n) is 1.96. The molecule has 1 saturated heterocycles. The fraction of sp³-hybridized carbons (Fsp3) is 0.385. The summed E-state index contributed by atoms with van der Waals surface area (Å²) in [6, 6.07) is 9.39. The third-order valence-corrected chi connectivity index (χ3v) is 2.91. The monoisotopic (exact) mass is 229 g/mol. The molecule has 1 aliphatic heterocycles. The van der Waals surface area contributed by atoms with Crippen molar-refractivity contribution in [2.24, 2.45) is 0 Å². The van der Waals surface area contributed by atoms with Crippen LogP contribution in [0.4, 0.5) is 5.69 Å². The molecule has 1 aromatic rings. The van der Waals surface area contributed by atoms with Crippen molar-refractivity contribution < 1.29 is 4.79 Å². The number of carbonyl (C=O) groups excluding carboxylic acids is 1. The van der Waals surface area contributed by atoms with Crippen LogP contribution in [0.5, 0.6) is 0 Å². The number of nitrogens with one attached hydrogen (secondary N) is 1. The average Bonchev–Trinajstić information content (AvgIpc) is 2.40. The molecule has 1 N–H and O–H groups in total. The van der Waals surface area contributed by atoms with E-state index in [0.29, 0.717) is 5.56 Å². The zero-order valence-electron chi connectivity index (χ0n) is 9.65. The minimum Gasteiger partial charge on any atom is -0.369 e. The van der Waals surface area contributed by atoms with Gasteiger partial charge in [-0.05, 0) is 24.3 Å². The van der Waals surface area contributed by atoms with Gasteiger partial charge in [0.2, 0.25) is 0 Å². The summed E-state index contributed by atoms with van der Waals surface area (Å²) in [5.74, 6) is -0.112. The highest BCUT2D eigenvalue weighted by Gasteiger charge is 2.11. The Labute approximate surface area is 101 Å². The lowest BCUT2D eigenvalue weighted by Crippen LogP contribution is -2.43. The molecule has 1 fully saturated rings. The molecule has 0 atom stereocenters. The van der Waals surface area contributed by atoms with Gasteiger partial charge in [-0.3, -0.25) is 4.79 Å². The summed E-state index contributed by atoms with van der Waals surface area (Å²) in [7, 11) is 0. The summed E-state index contributed by atoms with van der Waals surface area (Å²) in [6.45, 7) is 3.97. The number of piperazine rings is 1. The number of hydrogen-bond acceptors (Lipinski definition) is 4.